The number of hydrogen-bond acceptors (Lipinski definition) is 3. The maximum atomic E-state index is 9.34. The predicted octanol–water partition coefficient (Wildman–Crippen LogP) is 1.17. The molecule has 0 N–H and O–H groups in total. The Morgan fingerprint density at radius 3 is 2.46 bits per heavy atom. The summed E-state index contributed by atoms with van der Waals surface area (Å²) in [4.78, 5) is 4.45. The van der Waals surface area contributed by atoms with Gasteiger partial charge in [0.1, 0.15) is 5.65 Å². The predicted molar refractivity (Wildman–Crippen MR) is 94.0 cm³/mol. The average Bonchev–Trinajstić information content (AvgIpc) is 2.85. The first-order chi connectivity index (χ1) is 11.2. The van der Waals surface area contributed by atoms with Crippen LogP contribution in [0.3, 0.4) is 0 Å². The summed E-state index contributed by atoms with van der Waals surface area (Å²) in [5, 5.41) is 13.1. The molecule has 2 heterocycles. The van der Waals surface area contributed by atoms with Crippen molar-refractivity contribution in [1.29, 1.82) is 5.26 Å². The van der Waals surface area contributed by atoms with Crippen LogP contribution < -0.4 is 29.6 Å². The van der Waals surface area contributed by atoms with Crippen molar-refractivity contribution < 1.29 is 29.6 Å². The minimum absolute atomic E-state index is 0. The summed E-state index contributed by atoms with van der Waals surface area (Å²) in [6.07, 6.45) is 1.78. The van der Waals surface area contributed by atoms with Crippen LogP contribution in [0.2, 0.25) is 0 Å². The summed E-state index contributed by atoms with van der Waals surface area (Å²) in [5.41, 5.74) is 3.60. The second kappa shape index (κ2) is 6.54. The van der Waals surface area contributed by atoms with E-state index >= 15 is 0 Å². The van der Waals surface area contributed by atoms with Crippen LogP contribution in [0.25, 0.3) is 32.9 Å². The molecule has 3 nitrogen and oxygen atoms in total. The molecule has 0 unspecified atom stereocenters. The molecule has 2 aromatic heterocycles. The smallest absolute Gasteiger partial charge is 0.762 e. The van der Waals surface area contributed by atoms with E-state index < -0.39 is 0 Å². The minimum Gasteiger partial charge on any atom is -0.762 e. The van der Waals surface area contributed by atoms with E-state index in [9.17, 15) is 5.26 Å². The average molecular weight is 337 g/mol. The fourth-order valence-corrected chi connectivity index (χ4v) is 3.42. The molecule has 0 aliphatic carbocycles. The third-order valence-electron chi connectivity index (χ3n) is 4.21. The Labute approximate surface area is 167 Å². The maximum absolute atomic E-state index is 9.34. The summed E-state index contributed by atoms with van der Waals surface area (Å²) >= 11 is 5.66. The minimum atomic E-state index is 0. The second-order valence-electron chi connectivity index (χ2n) is 5.43. The first-order valence-corrected chi connectivity index (χ1v) is 7.66. The van der Waals surface area contributed by atoms with Gasteiger partial charge >= 0.3 is 29.6 Å². The van der Waals surface area contributed by atoms with E-state index in [1.54, 1.807) is 6.20 Å². The molecule has 24 heavy (non-hydrogen) atoms. The van der Waals surface area contributed by atoms with Gasteiger partial charge in [0.05, 0.1) is 11.6 Å². The normalized spacial score (nSPS) is 10.5. The van der Waals surface area contributed by atoms with Gasteiger partial charge in [-0.2, -0.15) is 5.26 Å². The summed E-state index contributed by atoms with van der Waals surface area (Å²) in [6, 6.07) is 18.0. The molecule has 0 aliphatic rings. The van der Waals surface area contributed by atoms with Gasteiger partial charge in [-0.15, -0.1) is 0 Å². The van der Waals surface area contributed by atoms with Crippen LogP contribution in [-0.2, 0) is 19.7 Å². The fraction of sp³-hybridized carbons (Fsp3) is 0.0526. The van der Waals surface area contributed by atoms with Crippen molar-refractivity contribution in [3.63, 3.8) is 0 Å². The Balaban J connectivity index is 0.00000169. The molecule has 0 spiro atoms. The van der Waals surface area contributed by atoms with E-state index in [0.717, 1.165) is 38.0 Å². The number of nitriles is 1. The molecule has 0 saturated heterocycles. The number of aromatic nitrogens is 2. The molecule has 5 heteroatoms. The Kier molecular flexibility index (Phi) is 4.62. The van der Waals surface area contributed by atoms with Crippen molar-refractivity contribution in [2.45, 2.75) is 5.03 Å². The number of rotatable bonds is 1. The first-order valence-electron chi connectivity index (χ1n) is 7.25. The SMILES string of the molecule is Cn1c([S-])c(-c2ccc(C#N)c3ccccc23)c2cccnc21.[Na+]. The van der Waals surface area contributed by atoms with Gasteiger partial charge in [0, 0.05) is 24.0 Å². The fourth-order valence-electron chi connectivity index (χ4n) is 3.11. The molecule has 0 fully saturated rings. The van der Waals surface area contributed by atoms with Crippen LogP contribution >= 0.6 is 0 Å². The third kappa shape index (κ3) is 2.42. The molecule has 0 atom stereocenters. The van der Waals surface area contributed by atoms with E-state index in [1.165, 1.54) is 0 Å². The van der Waals surface area contributed by atoms with Crippen molar-refractivity contribution >= 4 is 34.4 Å². The summed E-state index contributed by atoms with van der Waals surface area (Å²) in [7, 11) is 1.94. The van der Waals surface area contributed by atoms with Crippen LogP contribution in [0.1, 0.15) is 5.56 Å². The zero-order valence-corrected chi connectivity index (χ0v) is 16.3. The van der Waals surface area contributed by atoms with Gasteiger partial charge < -0.3 is 17.2 Å². The monoisotopic (exact) mass is 337 g/mol. The van der Waals surface area contributed by atoms with Gasteiger partial charge in [-0.25, -0.2) is 4.98 Å². The first kappa shape index (κ1) is 16.9. The largest absolute Gasteiger partial charge is 1.00 e. The van der Waals surface area contributed by atoms with E-state index in [0.29, 0.717) is 5.56 Å². The molecule has 4 rings (SSSR count). The zero-order valence-electron chi connectivity index (χ0n) is 13.4. The van der Waals surface area contributed by atoms with Crippen molar-refractivity contribution in [2.24, 2.45) is 7.05 Å². The van der Waals surface area contributed by atoms with E-state index in [1.807, 2.05) is 60.1 Å². The molecular weight excluding hydrogens is 325 g/mol. The molecule has 0 radical (unpaired) electrons. The number of benzene rings is 2. The second-order valence-corrected chi connectivity index (χ2v) is 5.82. The molecule has 4 aromatic rings. The number of fused-ring (bicyclic) bond motifs is 2. The van der Waals surface area contributed by atoms with Crippen molar-refractivity contribution in [3.05, 3.63) is 60.3 Å². The number of pyridine rings is 1. The molecule has 0 bridgehead atoms. The Morgan fingerprint density at radius 1 is 1.00 bits per heavy atom. The van der Waals surface area contributed by atoms with Crippen LogP contribution in [0, 0.1) is 11.3 Å². The van der Waals surface area contributed by atoms with Gasteiger partial charge in [-0.1, -0.05) is 35.4 Å². The number of nitrogens with zero attached hydrogens (tertiary/aromatic N) is 3. The zero-order chi connectivity index (χ0) is 16.0. The third-order valence-corrected chi connectivity index (χ3v) is 4.68. The van der Waals surface area contributed by atoms with Gasteiger partial charge in [0.2, 0.25) is 0 Å². The quantitative estimate of drug-likeness (QED) is 0.387. The maximum Gasteiger partial charge on any atom is 1.00 e. The van der Waals surface area contributed by atoms with E-state index in [2.05, 4.69) is 11.1 Å². The van der Waals surface area contributed by atoms with Gasteiger partial charge in [-0.05, 0) is 34.7 Å². The van der Waals surface area contributed by atoms with E-state index in [4.69, 9.17) is 12.6 Å². The van der Waals surface area contributed by atoms with Crippen molar-refractivity contribution in [2.75, 3.05) is 0 Å². The molecule has 0 aliphatic heterocycles. The molecule has 0 amide bonds. The molecule has 110 valence electrons. The van der Waals surface area contributed by atoms with Gasteiger partial charge in [0.15, 0.2) is 0 Å². The van der Waals surface area contributed by atoms with Crippen LogP contribution in [0.15, 0.2) is 59.8 Å². The topological polar surface area (TPSA) is 41.6 Å². The van der Waals surface area contributed by atoms with Crippen molar-refractivity contribution in [1.82, 2.24) is 9.55 Å². The Morgan fingerprint density at radius 2 is 1.71 bits per heavy atom. The molecule has 2 aromatic carbocycles. The summed E-state index contributed by atoms with van der Waals surface area (Å²) in [6.45, 7) is 0. The molecular formula is C19H12N3NaS. The van der Waals surface area contributed by atoms with Gasteiger partial charge in [-0.3, -0.25) is 0 Å². The van der Waals surface area contributed by atoms with Crippen LogP contribution in [0.5, 0.6) is 0 Å². The number of hydrogen-bond donors (Lipinski definition) is 0. The Bertz CT molecular complexity index is 1110. The van der Waals surface area contributed by atoms with Crippen LogP contribution in [0.4, 0.5) is 0 Å². The van der Waals surface area contributed by atoms with Crippen LogP contribution in [-0.4, -0.2) is 9.55 Å². The standard InChI is InChI=1S/C19H13N3S.Na/c1-22-18-16(7-4-10-21-18)17(19(22)23)15-9-8-12(11-20)13-5-2-3-6-14(13)15;/h2-10,23H,1H3;/q;+1/p-1. The summed E-state index contributed by atoms with van der Waals surface area (Å²) < 4.78 is 1.94. The van der Waals surface area contributed by atoms with Crippen molar-refractivity contribution in [3.8, 4) is 17.2 Å². The molecule has 0 saturated carbocycles. The van der Waals surface area contributed by atoms with Gasteiger partial charge in [0.25, 0.3) is 0 Å². The Hall–Kier alpha value is -1.90. The van der Waals surface area contributed by atoms with E-state index in [-0.39, 0.29) is 29.6 Å². The number of aryl methyl sites for hydroxylation is 1. The summed E-state index contributed by atoms with van der Waals surface area (Å²) in [5.74, 6) is 0.